The van der Waals surface area contributed by atoms with Gasteiger partial charge in [0.25, 0.3) is 0 Å². The standard InChI is InChI=1S/C2HF3O2.Cu.H2O/c3-2(4,5)1(6)7;;/h(H,6,7);;1H2/q;+1;/p-1. The second kappa shape index (κ2) is 4.60. The third-order valence-corrected chi connectivity index (χ3v) is 0.231. The Morgan fingerprint density at radius 3 is 1.44 bits per heavy atom. The normalized spacial score (nSPS) is 8.78. The summed E-state index contributed by atoms with van der Waals surface area (Å²) in [4.78, 5) is 8.78. The van der Waals surface area contributed by atoms with Gasteiger partial charge in [0.1, 0.15) is 5.97 Å². The van der Waals surface area contributed by atoms with Crippen LogP contribution in [-0.2, 0) is 21.9 Å². The molecule has 0 fully saturated rings. The van der Waals surface area contributed by atoms with Crippen molar-refractivity contribution in [2.24, 2.45) is 0 Å². The Bertz CT molecular complexity index is 89.5. The summed E-state index contributed by atoms with van der Waals surface area (Å²) in [7, 11) is 0. The molecule has 2 N–H and O–H groups in total. The Kier molecular flexibility index (Phi) is 8.13. The second-order valence-electron chi connectivity index (χ2n) is 0.785. The minimum absolute atomic E-state index is 0. The molecule has 0 aromatic heterocycles. The summed E-state index contributed by atoms with van der Waals surface area (Å²) in [6.45, 7) is 0. The van der Waals surface area contributed by atoms with E-state index in [4.69, 9.17) is 9.90 Å². The maximum absolute atomic E-state index is 10.5. The number of rotatable bonds is 0. The van der Waals surface area contributed by atoms with Crippen molar-refractivity contribution in [3.8, 4) is 0 Å². The number of carboxylic acid groups (broad SMARTS) is 1. The van der Waals surface area contributed by atoms with Crippen molar-refractivity contribution < 1.29 is 45.6 Å². The first-order chi connectivity index (χ1) is 2.94. The van der Waals surface area contributed by atoms with Gasteiger partial charge in [-0.1, -0.05) is 0 Å². The molecule has 0 aliphatic rings. The van der Waals surface area contributed by atoms with Gasteiger partial charge in [0.15, 0.2) is 0 Å². The summed E-state index contributed by atoms with van der Waals surface area (Å²) in [6.07, 6.45) is -5.19. The third-order valence-electron chi connectivity index (χ3n) is 0.231. The molecule has 0 heterocycles. The van der Waals surface area contributed by atoms with E-state index in [0.717, 1.165) is 0 Å². The minimum atomic E-state index is -5.19. The first-order valence-corrected chi connectivity index (χ1v) is 1.23. The van der Waals surface area contributed by atoms with Crippen LogP contribution >= 0.6 is 0 Å². The van der Waals surface area contributed by atoms with E-state index in [1.807, 2.05) is 0 Å². The van der Waals surface area contributed by atoms with Gasteiger partial charge in [0, 0.05) is 0 Å². The number of alkyl halides is 3. The van der Waals surface area contributed by atoms with Crippen molar-refractivity contribution in [3.05, 3.63) is 0 Å². The van der Waals surface area contributed by atoms with E-state index in [1.54, 1.807) is 0 Å². The summed E-state index contributed by atoms with van der Waals surface area (Å²) < 4.78 is 31.5. The van der Waals surface area contributed by atoms with Gasteiger partial charge in [-0.3, -0.25) is 0 Å². The van der Waals surface area contributed by atoms with Gasteiger partial charge in [0.2, 0.25) is 0 Å². The van der Waals surface area contributed by atoms with E-state index in [1.165, 1.54) is 0 Å². The van der Waals surface area contributed by atoms with Crippen LogP contribution in [0.25, 0.3) is 0 Å². The molecule has 0 atom stereocenters. The minimum Gasteiger partial charge on any atom is -0.542 e. The van der Waals surface area contributed by atoms with E-state index >= 15 is 0 Å². The molecule has 3 nitrogen and oxygen atoms in total. The fraction of sp³-hybridized carbons (Fsp3) is 0.500. The van der Waals surface area contributed by atoms with Gasteiger partial charge < -0.3 is 15.4 Å². The molecule has 0 aromatic rings. The first-order valence-electron chi connectivity index (χ1n) is 1.23. The summed E-state index contributed by atoms with van der Waals surface area (Å²) >= 11 is 0. The van der Waals surface area contributed by atoms with Crippen LogP contribution in [0.1, 0.15) is 0 Å². The van der Waals surface area contributed by atoms with Crippen LogP contribution in [0.4, 0.5) is 13.2 Å². The zero-order valence-electron chi connectivity index (χ0n) is 3.75. The number of carboxylic acids is 1. The predicted octanol–water partition coefficient (Wildman–Crippen LogP) is -1.53. The van der Waals surface area contributed by atoms with E-state index in [0.29, 0.717) is 0 Å². The molecule has 9 heavy (non-hydrogen) atoms. The fourth-order valence-electron chi connectivity index (χ4n) is 0. The average Bonchev–Trinajstić information content (AvgIpc) is 1.31. The molecule has 0 aliphatic carbocycles. The van der Waals surface area contributed by atoms with Crippen LogP contribution < -0.4 is 5.11 Å². The monoisotopic (exact) mass is 194 g/mol. The molecule has 0 aliphatic heterocycles. The van der Waals surface area contributed by atoms with Gasteiger partial charge >= 0.3 is 23.2 Å². The van der Waals surface area contributed by atoms with Crippen molar-refractivity contribution in [3.63, 3.8) is 0 Å². The van der Waals surface area contributed by atoms with Gasteiger partial charge in [-0.15, -0.1) is 0 Å². The topological polar surface area (TPSA) is 71.6 Å². The Morgan fingerprint density at radius 2 is 1.44 bits per heavy atom. The number of aliphatic carboxylic acids is 1. The fourth-order valence-corrected chi connectivity index (χ4v) is 0. The Hall–Kier alpha value is -0.261. The number of carbonyl (C=O) groups is 1. The number of carbonyl (C=O) groups excluding carboxylic acids is 1. The molecule has 0 saturated heterocycles. The summed E-state index contributed by atoms with van der Waals surface area (Å²) in [5.74, 6) is -3.01. The van der Waals surface area contributed by atoms with Gasteiger partial charge in [-0.05, 0) is 0 Å². The van der Waals surface area contributed by atoms with Crippen molar-refractivity contribution >= 4 is 5.97 Å². The van der Waals surface area contributed by atoms with E-state index in [-0.39, 0.29) is 22.5 Å². The molecule has 0 spiro atoms. The molecular weight excluding hydrogens is 193 g/mol. The summed E-state index contributed by atoms with van der Waals surface area (Å²) in [6, 6.07) is 0. The largest absolute Gasteiger partial charge is 1.00 e. The van der Waals surface area contributed by atoms with Crippen molar-refractivity contribution in [2.45, 2.75) is 6.18 Å². The summed E-state index contributed by atoms with van der Waals surface area (Å²) in [5, 5.41) is 8.78. The van der Waals surface area contributed by atoms with Crippen molar-refractivity contribution in [2.75, 3.05) is 0 Å². The molecule has 60 valence electrons. The Morgan fingerprint density at radius 1 is 1.33 bits per heavy atom. The van der Waals surface area contributed by atoms with E-state index in [2.05, 4.69) is 0 Å². The Labute approximate surface area is 58.6 Å². The van der Waals surface area contributed by atoms with Crippen LogP contribution in [0.5, 0.6) is 0 Å². The van der Waals surface area contributed by atoms with E-state index in [9.17, 15) is 13.2 Å². The van der Waals surface area contributed by atoms with Crippen LogP contribution in [0.3, 0.4) is 0 Å². The average molecular weight is 195 g/mol. The maximum atomic E-state index is 10.5. The van der Waals surface area contributed by atoms with Crippen LogP contribution in [-0.4, -0.2) is 17.6 Å². The number of halogens is 3. The molecule has 0 saturated carbocycles. The number of hydrogen-bond donors (Lipinski definition) is 0. The molecule has 0 radical (unpaired) electrons. The molecule has 0 amide bonds. The van der Waals surface area contributed by atoms with E-state index < -0.39 is 12.1 Å². The number of hydrogen-bond acceptors (Lipinski definition) is 2. The molecular formula is C2H2CuF3O3. The smallest absolute Gasteiger partial charge is 0.542 e. The van der Waals surface area contributed by atoms with Gasteiger partial charge in [-0.25, -0.2) is 0 Å². The maximum Gasteiger partial charge on any atom is 1.00 e. The molecule has 0 unspecified atom stereocenters. The molecule has 0 aromatic carbocycles. The SMILES string of the molecule is O.O=C([O-])C(F)(F)F.[Cu+]. The predicted molar refractivity (Wildman–Crippen MR) is 14.7 cm³/mol. The first kappa shape index (κ1) is 15.9. The van der Waals surface area contributed by atoms with Gasteiger partial charge in [-0.2, -0.15) is 13.2 Å². The van der Waals surface area contributed by atoms with Crippen molar-refractivity contribution in [1.82, 2.24) is 0 Å². The quantitative estimate of drug-likeness (QED) is 0.439. The third kappa shape index (κ3) is 7.74. The molecule has 0 bridgehead atoms. The van der Waals surface area contributed by atoms with Crippen LogP contribution in [0.2, 0.25) is 0 Å². The zero-order valence-corrected chi connectivity index (χ0v) is 4.69. The van der Waals surface area contributed by atoms with Gasteiger partial charge in [0.05, 0.1) is 0 Å². The zero-order chi connectivity index (χ0) is 6.08. The molecule has 7 heteroatoms. The molecule has 0 rings (SSSR count). The van der Waals surface area contributed by atoms with Crippen LogP contribution in [0.15, 0.2) is 0 Å². The second-order valence-corrected chi connectivity index (χ2v) is 0.785. The van der Waals surface area contributed by atoms with Crippen molar-refractivity contribution in [1.29, 1.82) is 0 Å². The summed E-state index contributed by atoms with van der Waals surface area (Å²) in [5.41, 5.74) is 0. The Balaban J connectivity index is -0.000000180. The van der Waals surface area contributed by atoms with Crippen LogP contribution in [0, 0.1) is 0 Å².